The van der Waals surface area contributed by atoms with E-state index in [0.29, 0.717) is 6.42 Å². The number of carboxylic acids is 1. The highest BCUT2D eigenvalue weighted by Gasteiger charge is 2.20. The first-order chi connectivity index (χ1) is 7.96. The van der Waals surface area contributed by atoms with E-state index >= 15 is 0 Å². The molecule has 5 heteroatoms. The molecule has 0 saturated carbocycles. The molecule has 94 valence electrons. The number of hydrogen-bond donors (Lipinski definition) is 3. The van der Waals surface area contributed by atoms with E-state index in [4.69, 9.17) is 5.11 Å². The number of rotatable bonds is 6. The van der Waals surface area contributed by atoms with Gasteiger partial charge in [0.1, 0.15) is 11.4 Å². The third-order valence-corrected chi connectivity index (χ3v) is 2.46. The Morgan fingerprint density at radius 2 is 2.29 bits per heavy atom. The summed E-state index contributed by atoms with van der Waals surface area (Å²) in [5.74, 6) is -0.743. The van der Waals surface area contributed by atoms with Gasteiger partial charge in [0.15, 0.2) is 0 Å². The number of hydrogen-bond acceptors (Lipinski definition) is 4. The number of pyridine rings is 1. The van der Waals surface area contributed by atoms with Crippen LogP contribution < -0.4 is 5.32 Å². The minimum Gasteiger partial charge on any atom is -0.478 e. The van der Waals surface area contributed by atoms with Crippen LogP contribution in [0.15, 0.2) is 18.3 Å². The first-order valence-electron chi connectivity index (χ1n) is 5.61. The van der Waals surface area contributed by atoms with Gasteiger partial charge < -0.3 is 15.5 Å². The van der Waals surface area contributed by atoms with Crippen LogP contribution in [0.5, 0.6) is 0 Å². The van der Waals surface area contributed by atoms with E-state index in [0.717, 1.165) is 6.42 Å². The van der Waals surface area contributed by atoms with Crippen molar-refractivity contribution in [3.63, 3.8) is 0 Å². The molecular weight excluding hydrogens is 220 g/mol. The lowest BCUT2D eigenvalue weighted by Crippen LogP contribution is -2.33. The Hall–Kier alpha value is -1.62. The highest BCUT2D eigenvalue weighted by molar-refractivity contribution is 5.92. The smallest absolute Gasteiger partial charge is 0.339 e. The quantitative estimate of drug-likeness (QED) is 0.703. The Labute approximate surface area is 101 Å². The zero-order valence-electron chi connectivity index (χ0n) is 10.1. The van der Waals surface area contributed by atoms with Crippen molar-refractivity contribution in [3.8, 4) is 0 Å². The van der Waals surface area contributed by atoms with E-state index in [-0.39, 0.29) is 17.9 Å². The fourth-order valence-electron chi connectivity index (χ4n) is 1.62. The van der Waals surface area contributed by atoms with Crippen molar-refractivity contribution in [1.29, 1.82) is 0 Å². The first kappa shape index (κ1) is 13.4. The van der Waals surface area contributed by atoms with Crippen LogP contribution in [0.25, 0.3) is 0 Å². The standard InChI is InChI=1S/C12H18N2O3/c1-3-6-12(2,17)8-14-10-9(11(15)16)5-4-7-13-10/h4-5,7,17H,3,6,8H2,1-2H3,(H,13,14)(H,15,16). The van der Waals surface area contributed by atoms with Gasteiger partial charge in [-0.25, -0.2) is 9.78 Å². The van der Waals surface area contributed by atoms with Crippen LogP contribution in [0.1, 0.15) is 37.0 Å². The highest BCUT2D eigenvalue weighted by Crippen LogP contribution is 2.16. The second-order valence-corrected chi connectivity index (χ2v) is 4.31. The maximum Gasteiger partial charge on any atom is 0.339 e. The van der Waals surface area contributed by atoms with Crippen LogP contribution in [0, 0.1) is 0 Å². The molecule has 0 aromatic carbocycles. The molecule has 0 amide bonds. The lowest BCUT2D eigenvalue weighted by atomic mass is 10.0. The monoisotopic (exact) mass is 238 g/mol. The summed E-state index contributed by atoms with van der Waals surface area (Å²) < 4.78 is 0. The SMILES string of the molecule is CCCC(C)(O)CNc1ncccc1C(=O)O. The molecule has 5 nitrogen and oxygen atoms in total. The molecule has 0 saturated heterocycles. The van der Waals surface area contributed by atoms with Gasteiger partial charge >= 0.3 is 5.97 Å². The maximum atomic E-state index is 10.9. The van der Waals surface area contributed by atoms with Gasteiger partial charge in [0, 0.05) is 12.7 Å². The zero-order chi connectivity index (χ0) is 12.9. The number of carboxylic acid groups (broad SMARTS) is 1. The molecule has 0 aliphatic carbocycles. The van der Waals surface area contributed by atoms with Crippen molar-refractivity contribution in [2.75, 3.05) is 11.9 Å². The van der Waals surface area contributed by atoms with Gasteiger partial charge in [0.05, 0.1) is 5.60 Å². The largest absolute Gasteiger partial charge is 0.478 e. The van der Waals surface area contributed by atoms with Crippen molar-refractivity contribution in [2.24, 2.45) is 0 Å². The maximum absolute atomic E-state index is 10.9. The van der Waals surface area contributed by atoms with Crippen molar-refractivity contribution in [2.45, 2.75) is 32.3 Å². The fraction of sp³-hybridized carbons (Fsp3) is 0.500. The second kappa shape index (κ2) is 5.63. The van der Waals surface area contributed by atoms with Gasteiger partial charge in [-0.1, -0.05) is 13.3 Å². The van der Waals surface area contributed by atoms with E-state index < -0.39 is 11.6 Å². The molecule has 0 aliphatic rings. The summed E-state index contributed by atoms with van der Waals surface area (Å²) in [5.41, 5.74) is -0.748. The van der Waals surface area contributed by atoms with Crippen molar-refractivity contribution < 1.29 is 15.0 Å². The van der Waals surface area contributed by atoms with Gasteiger partial charge in [0.2, 0.25) is 0 Å². The third-order valence-electron chi connectivity index (χ3n) is 2.46. The Morgan fingerprint density at radius 1 is 1.59 bits per heavy atom. The van der Waals surface area contributed by atoms with E-state index in [1.807, 2.05) is 6.92 Å². The molecule has 1 unspecified atom stereocenters. The van der Waals surface area contributed by atoms with E-state index in [9.17, 15) is 9.90 Å². The Kier molecular flexibility index (Phi) is 4.45. The number of carbonyl (C=O) groups is 1. The molecular formula is C12H18N2O3. The minimum atomic E-state index is -1.03. The average molecular weight is 238 g/mol. The van der Waals surface area contributed by atoms with Crippen LogP contribution in [0.3, 0.4) is 0 Å². The molecule has 1 heterocycles. The summed E-state index contributed by atoms with van der Waals surface area (Å²) in [7, 11) is 0. The molecule has 0 aliphatic heterocycles. The van der Waals surface area contributed by atoms with Crippen molar-refractivity contribution in [1.82, 2.24) is 4.98 Å². The van der Waals surface area contributed by atoms with Crippen LogP contribution in [-0.4, -0.2) is 33.3 Å². The second-order valence-electron chi connectivity index (χ2n) is 4.31. The molecule has 0 bridgehead atoms. The van der Waals surface area contributed by atoms with Crippen LogP contribution in [-0.2, 0) is 0 Å². The Morgan fingerprint density at radius 3 is 2.88 bits per heavy atom. The number of anilines is 1. The van der Waals surface area contributed by atoms with E-state index in [1.54, 1.807) is 13.0 Å². The van der Waals surface area contributed by atoms with Crippen LogP contribution in [0.2, 0.25) is 0 Å². The highest BCUT2D eigenvalue weighted by atomic mass is 16.4. The minimum absolute atomic E-state index is 0.111. The Bertz CT molecular complexity index is 391. The third kappa shape index (κ3) is 4.03. The molecule has 1 aromatic heterocycles. The fourth-order valence-corrected chi connectivity index (χ4v) is 1.62. The summed E-state index contributed by atoms with van der Waals surface area (Å²) in [6.45, 7) is 3.98. The van der Waals surface area contributed by atoms with E-state index in [1.165, 1.54) is 12.3 Å². The summed E-state index contributed by atoms with van der Waals surface area (Å²) >= 11 is 0. The van der Waals surface area contributed by atoms with Crippen LogP contribution >= 0.6 is 0 Å². The molecule has 3 N–H and O–H groups in total. The van der Waals surface area contributed by atoms with Gasteiger partial charge in [-0.2, -0.15) is 0 Å². The molecule has 1 aromatic rings. The average Bonchev–Trinajstić information content (AvgIpc) is 2.27. The first-order valence-corrected chi connectivity index (χ1v) is 5.61. The van der Waals surface area contributed by atoms with Crippen molar-refractivity contribution in [3.05, 3.63) is 23.9 Å². The number of aromatic nitrogens is 1. The van der Waals surface area contributed by atoms with Crippen LogP contribution in [0.4, 0.5) is 5.82 Å². The normalized spacial score (nSPS) is 14.1. The molecule has 0 radical (unpaired) electrons. The van der Waals surface area contributed by atoms with Gasteiger partial charge in [-0.3, -0.25) is 0 Å². The molecule has 0 spiro atoms. The van der Waals surface area contributed by atoms with Gasteiger partial charge in [-0.15, -0.1) is 0 Å². The summed E-state index contributed by atoms with van der Waals surface area (Å²) in [4.78, 5) is 14.9. The summed E-state index contributed by atoms with van der Waals surface area (Å²) in [6, 6.07) is 3.05. The van der Waals surface area contributed by atoms with Crippen molar-refractivity contribution >= 4 is 11.8 Å². The molecule has 17 heavy (non-hydrogen) atoms. The molecule has 0 fully saturated rings. The summed E-state index contributed by atoms with van der Waals surface area (Å²) in [5, 5.41) is 21.8. The van der Waals surface area contributed by atoms with Gasteiger partial charge in [-0.05, 0) is 25.5 Å². The Balaban J connectivity index is 2.72. The number of aliphatic hydroxyl groups is 1. The number of nitrogens with one attached hydrogen (secondary N) is 1. The molecule has 1 atom stereocenters. The predicted molar refractivity (Wildman–Crippen MR) is 65.2 cm³/mol. The summed E-state index contributed by atoms with van der Waals surface area (Å²) in [6.07, 6.45) is 3.03. The number of nitrogens with zero attached hydrogens (tertiary/aromatic N) is 1. The predicted octanol–water partition coefficient (Wildman–Crippen LogP) is 1.74. The topological polar surface area (TPSA) is 82.5 Å². The lowest BCUT2D eigenvalue weighted by molar-refractivity contribution is 0.0629. The number of aromatic carboxylic acids is 1. The van der Waals surface area contributed by atoms with E-state index in [2.05, 4.69) is 10.3 Å². The van der Waals surface area contributed by atoms with Gasteiger partial charge in [0.25, 0.3) is 0 Å². The lowest BCUT2D eigenvalue weighted by Gasteiger charge is -2.23. The zero-order valence-corrected chi connectivity index (χ0v) is 10.1. The molecule has 1 rings (SSSR count).